The molecule has 3 heteroatoms. The van der Waals surface area contributed by atoms with Crippen molar-refractivity contribution in [2.45, 2.75) is 45.4 Å². The minimum absolute atomic E-state index is 0.115. The summed E-state index contributed by atoms with van der Waals surface area (Å²) < 4.78 is 0. The van der Waals surface area contributed by atoms with E-state index in [9.17, 15) is 4.79 Å². The second kappa shape index (κ2) is 6.82. The number of hydrogen-bond acceptors (Lipinski definition) is 1. The number of nitrogens with one attached hydrogen (secondary N) is 2. The van der Waals surface area contributed by atoms with Gasteiger partial charge in [-0.1, -0.05) is 29.8 Å². The van der Waals surface area contributed by atoms with Gasteiger partial charge >= 0.3 is 0 Å². The predicted octanol–water partition coefficient (Wildman–Crippen LogP) is 4.03. The number of aromatic nitrogens is 1. The summed E-state index contributed by atoms with van der Waals surface area (Å²) in [5.41, 5.74) is 4.82. The Balaban J connectivity index is 1.56. The van der Waals surface area contributed by atoms with Crippen molar-refractivity contribution < 1.29 is 4.79 Å². The van der Waals surface area contributed by atoms with E-state index in [0.717, 1.165) is 35.1 Å². The van der Waals surface area contributed by atoms with E-state index in [0.29, 0.717) is 6.42 Å². The Morgan fingerprint density at radius 3 is 2.95 bits per heavy atom. The fraction of sp³-hybridized carbons (Fsp3) is 0.421. The third kappa shape index (κ3) is 3.41. The summed E-state index contributed by atoms with van der Waals surface area (Å²) >= 11 is 0. The van der Waals surface area contributed by atoms with Crippen LogP contribution in [0, 0.1) is 6.92 Å². The van der Waals surface area contributed by atoms with E-state index in [1.807, 2.05) is 19.1 Å². The van der Waals surface area contributed by atoms with Gasteiger partial charge in [0.2, 0.25) is 5.91 Å². The maximum absolute atomic E-state index is 12.2. The second-order valence-corrected chi connectivity index (χ2v) is 6.16. The molecule has 0 bridgehead atoms. The van der Waals surface area contributed by atoms with Gasteiger partial charge in [-0.2, -0.15) is 0 Å². The van der Waals surface area contributed by atoms with Crippen molar-refractivity contribution >= 4 is 16.8 Å². The number of aryl methyl sites for hydroxylation is 1. The van der Waals surface area contributed by atoms with Crippen LogP contribution in [0.15, 0.2) is 35.9 Å². The fourth-order valence-corrected chi connectivity index (χ4v) is 3.28. The first-order valence-electron chi connectivity index (χ1n) is 8.25. The molecule has 2 aromatic rings. The molecule has 22 heavy (non-hydrogen) atoms. The smallest absolute Gasteiger partial charge is 0.224 e. The summed E-state index contributed by atoms with van der Waals surface area (Å²) in [5.74, 6) is 0.115. The van der Waals surface area contributed by atoms with Crippen LogP contribution in [0.25, 0.3) is 10.9 Å². The summed E-state index contributed by atoms with van der Waals surface area (Å²) in [6.07, 6.45) is 8.83. The van der Waals surface area contributed by atoms with Gasteiger partial charge in [-0.3, -0.25) is 4.79 Å². The van der Waals surface area contributed by atoms with E-state index in [1.165, 1.54) is 31.3 Å². The molecule has 0 spiro atoms. The third-order valence-electron chi connectivity index (χ3n) is 4.52. The lowest BCUT2D eigenvalue weighted by atomic mass is 9.97. The number of fused-ring (bicyclic) bond motifs is 1. The Morgan fingerprint density at radius 1 is 1.27 bits per heavy atom. The van der Waals surface area contributed by atoms with Crippen LogP contribution in [0.3, 0.4) is 0 Å². The summed E-state index contributed by atoms with van der Waals surface area (Å²) in [4.78, 5) is 15.6. The van der Waals surface area contributed by atoms with Gasteiger partial charge in [0.05, 0.1) is 6.42 Å². The Labute approximate surface area is 131 Å². The van der Waals surface area contributed by atoms with Crippen molar-refractivity contribution in [1.82, 2.24) is 10.3 Å². The van der Waals surface area contributed by atoms with Crippen LogP contribution in [-0.2, 0) is 11.2 Å². The number of hydrogen-bond donors (Lipinski definition) is 2. The number of allylic oxidation sites excluding steroid dienone is 1. The van der Waals surface area contributed by atoms with Crippen molar-refractivity contribution in [1.29, 1.82) is 0 Å². The molecule has 2 N–H and O–H groups in total. The van der Waals surface area contributed by atoms with Gasteiger partial charge in [0, 0.05) is 23.1 Å². The molecule has 1 heterocycles. The van der Waals surface area contributed by atoms with Gasteiger partial charge < -0.3 is 10.3 Å². The number of carbonyl (C=O) groups excluding carboxylic acids is 1. The highest BCUT2D eigenvalue weighted by molar-refractivity contribution is 5.90. The molecular weight excluding hydrogens is 272 g/mol. The average Bonchev–Trinajstić information content (AvgIpc) is 2.84. The zero-order chi connectivity index (χ0) is 15.4. The summed E-state index contributed by atoms with van der Waals surface area (Å²) in [7, 11) is 0. The van der Waals surface area contributed by atoms with Gasteiger partial charge in [-0.15, -0.1) is 0 Å². The van der Waals surface area contributed by atoms with Crippen LogP contribution in [-0.4, -0.2) is 17.4 Å². The van der Waals surface area contributed by atoms with Crippen LogP contribution >= 0.6 is 0 Å². The number of benzene rings is 1. The van der Waals surface area contributed by atoms with E-state index in [1.54, 1.807) is 0 Å². The van der Waals surface area contributed by atoms with Crippen molar-refractivity contribution in [2.75, 3.05) is 6.54 Å². The third-order valence-corrected chi connectivity index (χ3v) is 4.52. The van der Waals surface area contributed by atoms with Gasteiger partial charge in [-0.25, -0.2) is 0 Å². The highest BCUT2D eigenvalue weighted by Gasteiger charge is 2.12. The van der Waals surface area contributed by atoms with Crippen molar-refractivity contribution in [2.24, 2.45) is 0 Å². The molecule has 0 saturated heterocycles. The Kier molecular flexibility index (Phi) is 4.62. The normalized spacial score (nSPS) is 14.9. The lowest BCUT2D eigenvalue weighted by Gasteiger charge is -2.13. The number of H-pyrrole nitrogens is 1. The zero-order valence-corrected chi connectivity index (χ0v) is 13.2. The van der Waals surface area contributed by atoms with Crippen LogP contribution in [0.5, 0.6) is 0 Å². The largest absolute Gasteiger partial charge is 0.358 e. The maximum Gasteiger partial charge on any atom is 0.224 e. The van der Waals surface area contributed by atoms with Crippen molar-refractivity contribution in [3.8, 4) is 0 Å². The molecule has 116 valence electrons. The number of carbonyl (C=O) groups is 1. The highest BCUT2D eigenvalue weighted by Crippen LogP contribution is 2.22. The molecule has 3 rings (SSSR count). The van der Waals surface area contributed by atoms with E-state index >= 15 is 0 Å². The van der Waals surface area contributed by atoms with E-state index in [-0.39, 0.29) is 5.91 Å². The Bertz CT molecular complexity index is 697. The van der Waals surface area contributed by atoms with Crippen LogP contribution in [0.2, 0.25) is 0 Å². The molecule has 1 aromatic heterocycles. The molecule has 0 radical (unpaired) electrons. The van der Waals surface area contributed by atoms with E-state index in [2.05, 4.69) is 28.5 Å². The monoisotopic (exact) mass is 296 g/mol. The Morgan fingerprint density at radius 2 is 2.14 bits per heavy atom. The maximum atomic E-state index is 12.2. The first-order valence-corrected chi connectivity index (χ1v) is 8.25. The van der Waals surface area contributed by atoms with Gasteiger partial charge in [0.15, 0.2) is 0 Å². The fourth-order valence-electron chi connectivity index (χ4n) is 3.28. The number of para-hydroxylation sites is 1. The molecule has 1 amide bonds. The molecule has 0 atom stereocenters. The number of amides is 1. The summed E-state index contributed by atoms with van der Waals surface area (Å²) in [6.45, 7) is 2.79. The molecule has 0 aliphatic heterocycles. The minimum atomic E-state index is 0.115. The summed E-state index contributed by atoms with van der Waals surface area (Å²) in [5, 5.41) is 4.22. The second-order valence-electron chi connectivity index (χ2n) is 6.16. The first kappa shape index (κ1) is 14.9. The van der Waals surface area contributed by atoms with E-state index in [4.69, 9.17) is 0 Å². The molecular formula is C19H24N2O. The highest BCUT2D eigenvalue weighted by atomic mass is 16.1. The first-order chi connectivity index (χ1) is 10.7. The molecule has 3 nitrogen and oxygen atoms in total. The molecule has 0 saturated carbocycles. The Hall–Kier alpha value is -2.03. The standard InChI is InChI=1S/C19H24N2O/c1-14-17(16-9-5-6-10-18(16)21-14)13-19(22)20-12-11-15-7-3-2-4-8-15/h5-7,9-10,21H,2-4,8,11-13H2,1H3,(H,20,22). The van der Waals surface area contributed by atoms with Crippen molar-refractivity contribution in [3.05, 3.63) is 47.2 Å². The molecule has 0 fully saturated rings. The number of rotatable bonds is 5. The van der Waals surface area contributed by atoms with E-state index < -0.39 is 0 Å². The van der Waals surface area contributed by atoms with Gasteiger partial charge in [0.25, 0.3) is 0 Å². The topological polar surface area (TPSA) is 44.9 Å². The molecule has 1 aromatic carbocycles. The summed E-state index contributed by atoms with van der Waals surface area (Å²) in [6, 6.07) is 8.17. The van der Waals surface area contributed by atoms with Gasteiger partial charge in [-0.05, 0) is 50.7 Å². The van der Waals surface area contributed by atoms with Crippen LogP contribution < -0.4 is 5.32 Å². The quantitative estimate of drug-likeness (QED) is 0.804. The predicted molar refractivity (Wildman–Crippen MR) is 90.9 cm³/mol. The molecule has 1 aliphatic carbocycles. The molecule has 0 unspecified atom stereocenters. The van der Waals surface area contributed by atoms with Crippen LogP contribution in [0.4, 0.5) is 0 Å². The number of aromatic amines is 1. The van der Waals surface area contributed by atoms with Crippen molar-refractivity contribution in [3.63, 3.8) is 0 Å². The minimum Gasteiger partial charge on any atom is -0.358 e. The lowest BCUT2D eigenvalue weighted by molar-refractivity contribution is -0.120. The SMILES string of the molecule is Cc1[nH]c2ccccc2c1CC(=O)NCCC1=CCCCC1. The average molecular weight is 296 g/mol. The molecule has 1 aliphatic rings. The van der Waals surface area contributed by atoms with Crippen LogP contribution in [0.1, 0.15) is 43.4 Å². The lowest BCUT2D eigenvalue weighted by Crippen LogP contribution is -2.26. The van der Waals surface area contributed by atoms with Gasteiger partial charge in [0.1, 0.15) is 0 Å². The zero-order valence-electron chi connectivity index (χ0n) is 13.2.